The number of hydrazine groups is 1. The minimum atomic E-state index is -0.0533. The number of fused-ring (bicyclic) bond motifs is 1. The predicted molar refractivity (Wildman–Crippen MR) is 78.7 cm³/mol. The third-order valence-corrected chi connectivity index (χ3v) is 4.38. The molecule has 0 bridgehead atoms. The van der Waals surface area contributed by atoms with E-state index in [1.807, 2.05) is 6.07 Å². The van der Waals surface area contributed by atoms with E-state index in [1.165, 1.54) is 17.1 Å². The summed E-state index contributed by atoms with van der Waals surface area (Å²) in [6.45, 7) is 2.91. The smallest absolute Gasteiger partial charge is 0.122 e. The highest BCUT2D eigenvalue weighted by atomic mass is 32.1. The molecule has 20 heavy (non-hydrogen) atoms. The van der Waals surface area contributed by atoms with E-state index in [-0.39, 0.29) is 6.04 Å². The van der Waals surface area contributed by atoms with E-state index in [1.54, 1.807) is 0 Å². The van der Waals surface area contributed by atoms with E-state index in [4.69, 9.17) is 10.6 Å². The highest BCUT2D eigenvalue weighted by Crippen LogP contribution is 2.32. The van der Waals surface area contributed by atoms with Crippen LogP contribution in [0.25, 0.3) is 0 Å². The molecule has 3 rings (SSSR count). The van der Waals surface area contributed by atoms with Gasteiger partial charge in [-0.2, -0.15) is 0 Å². The van der Waals surface area contributed by atoms with Crippen LogP contribution in [0, 0.1) is 0 Å². The Bertz CT molecular complexity index is 599. The maximum atomic E-state index is 5.78. The number of nitrogens with one attached hydrogen (secondary N) is 1. The summed E-state index contributed by atoms with van der Waals surface area (Å²) < 4.78 is 9.63. The second kappa shape index (κ2) is 5.87. The first-order valence-corrected chi connectivity index (χ1v) is 7.63. The minimum absolute atomic E-state index is 0.0533. The normalized spacial score (nSPS) is 14.9. The topological polar surface area (TPSA) is 73.1 Å². The van der Waals surface area contributed by atoms with Crippen LogP contribution in [0.3, 0.4) is 0 Å². The van der Waals surface area contributed by atoms with Crippen molar-refractivity contribution >= 4 is 11.5 Å². The minimum Gasteiger partial charge on any atom is -0.493 e. The van der Waals surface area contributed by atoms with Crippen molar-refractivity contribution in [3.8, 4) is 5.75 Å². The first kappa shape index (κ1) is 13.5. The molecule has 3 N–H and O–H groups in total. The molecular formula is C14H18N4OS. The fourth-order valence-corrected chi connectivity index (χ4v) is 3.34. The molecule has 0 aliphatic carbocycles. The lowest BCUT2D eigenvalue weighted by Crippen LogP contribution is -2.29. The molecule has 0 saturated heterocycles. The van der Waals surface area contributed by atoms with Gasteiger partial charge in [0, 0.05) is 6.42 Å². The van der Waals surface area contributed by atoms with Gasteiger partial charge in [0.1, 0.15) is 5.75 Å². The molecule has 0 amide bonds. The van der Waals surface area contributed by atoms with Gasteiger partial charge < -0.3 is 4.74 Å². The molecule has 5 nitrogen and oxygen atoms in total. The van der Waals surface area contributed by atoms with Gasteiger partial charge in [0.25, 0.3) is 0 Å². The molecule has 0 spiro atoms. The number of nitrogens with zero attached hydrogens (tertiary/aromatic N) is 2. The van der Waals surface area contributed by atoms with Crippen LogP contribution in [0.15, 0.2) is 18.2 Å². The van der Waals surface area contributed by atoms with Gasteiger partial charge in [-0.3, -0.25) is 5.84 Å². The molecule has 106 valence electrons. The zero-order valence-electron chi connectivity index (χ0n) is 11.4. The zero-order valence-corrected chi connectivity index (χ0v) is 12.2. The molecule has 1 atom stereocenters. The highest BCUT2D eigenvalue weighted by molar-refractivity contribution is 7.05. The highest BCUT2D eigenvalue weighted by Gasteiger charge is 2.22. The van der Waals surface area contributed by atoms with Gasteiger partial charge in [0.15, 0.2) is 0 Å². The fourth-order valence-electron chi connectivity index (χ4n) is 2.55. The van der Waals surface area contributed by atoms with Gasteiger partial charge in [0.2, 0.25) is 0 Å². The van der Waals surface area contributed by atoms with Crippen LogP contribution in [0.2, 0.25) is 0 Å². The summed E-state index contributed by atoms with van der Waals surface area (Å²) in [5, 5.41) is 4.22. The lowest BCUT2D eigenvalue weighted by molar-refractivity contribution is 0.357. The Morgan fingerprint density at radius 2 is 2.40 bits per heavy atom. The Kier molecular flexibility index (Phi) is 3.95. The number of aromatic nitrogens is 2. The summed E-state index contributed by atoms with van der Waals surface area (Å²) in [7, 11) is 0. The van der Waals surface area contributed by atoms with Crippen molar-refractivity contribution in [2.45, 2.75) is 32.2 Å². The molecule has 1 aromatic heterocycles. The summed E-state index contributed by atoms with van der Waals surface area (Å²) in [6, 6.07) is 6.20. The van der Waals surface area contributed by atoms with E-state index in [2.05, 4.69) is 34.1 Å². The second-order valence-corrected chi connectivity index (χ2v) is 5.68. The van der Waals surface area contributed by atoms with Crippen molar-refractivity contribution < 1.29 is 4.74 Å². The quantitative estimate of drug-likeness (QED) is 0.650. The molecule has 2 aromatic rings. The standard InChI is InChI=1S/C14H18N4OS/c1-2-3-11-14(20-18-17-11)13(16-15)10-4-5-12-9(8-10)6-7-19-12/h4-5,8,13,16H,2-3,6-7,15H2,1H3. The lowest BCUT2D eigenvalue weighted by Gasteiger charge is -2.16. The Labute approximate surface area is 122 Å². The summed E-state index contributed by atoms with van der Waals surface area (Å²) in [6.07, 6.45) is 2.94. The van der Waals surface area contributed by atoms with Crippen LogP contribution < -0.4 is 16.0 Å². The van der Waals surface area contributed by atoms with Gasteiger partial charge in [0.05, 0.1) is 23.2 Å². The van der Waals surface area contributed by atoms with E-state index in [0.29, 0.717) is 0 Å². The van der Waals surface area contributed by atoms with E-state index < -0.39 is 0 Å². The molecule has 0 saturated carbocycles. The fraction of sp³-hybridized carbons (Fsp3) is 0.429. The molecule has 6 heteroatoms. The molecule has 1 aliphatic heterocycles. The Morgan fingerprint density at radius 3 is 3.20 bits per heavy atom. The Hall–Kier alpha value is -1.50. The second-order valence-electron chi connectivity index (χ2n) is 4.90. The van der Waals surface area contributed by atoms with E-state index in [9.17, 15) is 0 Å². The summed E-state index contributed by atoms with van der Waals surface area (Å²) in [5.74, 6) is 6.76. The van der Waals surface area contributed by atoms with Gasteiger partial charge >= 0.3 is 0 Å². The Morgan fingerprint density at radius 1 is 1.50 bits per heavy atom. The summed E-state index contributed by atoms with van der Waals surface area (Å²) in [4.78, 5) is 1.10. The van der Waals surface area contributed by atoms with Crippen LogP contribution >= 0.6 is 11.5 Å². The summed E-state index contributed by atoms with van der Waals surface area (Å²) >= 11 is 1.42. The van der Waals surface area contributed by atoms with Crippen LogP contribution in [0.4, 0.5) is 0 Å². The first-order chi connectivity index (χ1) is 9.83. The van der Waals surface area contributed by atoms with Crippen molar-refractivity contribution in [2.75, 3.05) is 6.61 Å². The van der Waals surface area contributed by atoms with E-state index in [0.717, 1.165) is 47.8 Å². The number of ether oxygens (including phenoxy) is 1. The average molecular weight is 290 g/mol. The number of hydrogen-bond acceptors (Lipinski definition) is 6. The zero-order chi connectivity index (χ0) is 13.9. The average Bonchev–Trinajstić information content (AvgIpc) is 3.09. The molecule has 1 aliphatic rings. The first-order valence-electron chi connectivity index (χ1n) is 6.86. The van der Waals surface area contributed by atoms with Crippen LogP contribution in [0.5, 0.6) is 5.75 Å². The van der Waals surface area contributed by atoms with Gasteiger partial charge in [-0.25, -0.2) is 5.43 Å². The number of aryl methyl sites for hydroxylation is 1. The lowest BCUT2D eigenvalue weighted by atomic mass is 10.00. The maximum absolute atomic E-state index is 5.78. The molecule has 0 fully saturated rings. The SMILES string of the molecule is CCCc1nnsc1C(NN)c1ccc2c(c1)CCO2. The third kappa shape index (κ3) is 2.42. The van der Waals surface area contributed by atoms with Crippen LogP contribution in [-0.2, 0) is 12.8 Å². The monoisotopic (exact) mass is 290 g/mol. The van der Waals surface area contributed by atoms with Crippen molar-refractivity contribution in [3.63, 3.8) is 0 Å². The number of nitrogens with two attached hydrogens (primary N) is 1. The largest absolute Gasteiger partial charge is 0.493 e. The van der Waals surface area contributed by atoms with Gasteiger partial charge in [-0.15, -0.1) is 5.10 Å². The van der Waals surface area contributed by atoms with Crippen molar-refractivity contribution in [1.29, 1.82) is 0 Å². The molecule has 2 heterocycles. The number of benzene rings is 1. The van der Waals surface area contributed by atoms with E-state index >= 15 is 0 Å². The third-order valence-electron chi connectivity index (χ3n) is 3.55. The van der Waals surface area contributed by atoms with Crippen LogP contribution in [-0.4, -0.2) is 16.2 Å². The number of rotatable bonds is 5. The molecular weight excluding hydrogens is 272 g/mol. The van der Waals surface area contributed by atoms with Crippen molar-refractivity contribution in [1.82, 2.24) is 15.0 Å². The van der Waals surface area contributed by atoms with Gasteiger partial charge in [-0.05, 0) is 41.2 Å². The molecule has 1 aromatic carbocycles. The number of hydrogen-bond donors (Lipinski definition) is 2. The summed E-state index contributed by atoms with van der Waals surface area (Å²) in [5.41, 5.74) is 6.33. The van der Waals surface area contributed by atoms with Crippen molar-refractivity contribution in [3.05, 3.63) is 39.9 Å². The molecule has 0 radical (unpaired) electrons. The molecule has 1 unspecified atom stereocenters. The van der Waals surface area contributed by atoms with Gasteiger partial charge in [-0.1, -0.05) is 23.9 Å². The Balaban J connectivity index is 1.95. The maximum Gasteiger partial charge on any atom is 0.122 e. The van der Waals surface area contributed by atoms with Crippen LogP contribution in [0.1, 0.15) is 41.1 Å². The predicted octanol–water partition coefficient (Wildman–Crippen LogP) is 1.98. The van der Waals surface area contributed by atoms with Crippen molar-refractivity contribution in [2.24, 2.45) is 5.84 Å².